The van der Waals surface area contributed by atoms with Crippen LogP contribution in [0.15, 0.2) is 60.8 Å². The molecule has 418 valence electrons. The molecule has 6 heteroatoms. The lowest BCUT2D eigenvalue weighted by Crippen LogP contribution is -2.30. The van der Waals surface area contributed by atoms with Gasteiger partial charge >= 0.3 is 17.9 Å². The fraction of sp³-hybridized carbons (Fsp3) is 0.803. The van der Waals surface area contributed by atoms with Crippen LogP contribution in [0.5, 0.6) is 0 Å². The van der Waals surface area contributed by atoms with Gasteiger partial charge in [0.2, 0.25) is 0 Å². The van der Waals surface area contributed by atoms with E-state index in [0.29, 0.717) is 12.8 Å². The van der Waals surface area contributed by atoms with Gasteiger partial charge in [0.05, 0.1) is 6.42 Å². The van der Waals surface area contributed by atoms with Crippen molar-refractivity contribution in [2.45, 2.75) is 329 Å². The molecule has 0 radical (unpaired) electrons. The summed E-state index contributed by atoms with van der Waals surface area (Å²) in [5.74, 6) is -1.01. The topological polar surface area (TPSA) is 78.9 Å². The standard InChI is InChI=1S/C66H118O6/c1-4-7-10-13-16-19-22-25-28-30-31-32-33-34-35-36-39-41-44-47-50-53-56-59-65(68)71-62-63(61-70-64(67)58-55-52-49-46-43-40-37-27-24-21-18-15-12-9-6-3)72-66(69)60-57-54-51-48-45-42-38-29-26-23-20-17-14-11-8-5-2/h9,12,18,21,27,37,43,46,52,55,63H,4-8,10-11,13-17,19-20,22-26,28-36,38-42,44-45,47-51,53-54,56-62H2,1-3H3/b12-9-,21-18-,37-27-,46-43-,55-52-. The Kier molecular flexibility index (Phi) is 58.2. The largest absolute Gasteiger partial charge is 0.462 e. The Morgan fingerprint density at radius 1 is 0.292 bits per heavy atom. The number of hydrogen-bond acceptors (Lipinski definition) is 6. The summed E-state index contributed by atoms with van der Waals surface area (Å²) in [4.78, 5) is 38.2. The number of hydrogen-bond donors (Lipinski definition) is 0. The van der Waals surface area contributed by atoms with Crippen LogP contribution in [0.2, 0.25) is 0 Å². The minimum atomic E-state index is -0.811. The van der Waals surface area contributed by atoms with Crippen molar-refractivity contribution < 1.29 is 28.6 Å². The van der Waals surface area contributed by atoms with Gasteiger partial charge < -0.3 is 14.2 Å². The first-order valence-corrected chi connectivity index (χ1v) is 31.3. The summed E-state index contributed by atoms with van der Waals surface area (Å²) >= 11 is 0. The van der Waals surface area contributed by atoms with Gasteiger partial charge in [0.25, 0.3) is 0 Å². The minimum absolute atomic E-state index is 0.0994. The van der Waals surface area contributed by atoms with E-state index in [9.17, 15) is 14.4 Å². The molecule has 0 fully saturated rings. The fourth-order valence-corrected chi connectivity index (χ4v) is 9.17. The van der Waals surface area contributed by atoms with Crippen LogP contribution in [0.1, 0.15) is 323 Å². The lowest BCUT2D eigenvalue weighted by Gasteiger charge is -2.18. The predicted octanol–water partition coefficient (Wildman–Crippen LogP) is 21.2. The van der Waals surface area contributed by atoms with Crippen LogP contribution in [0.4, 0.5) is 0 Å². The molecule has 0 bridgehead atoms. The Labute approximate surface area is 447 Å². The zero-order valence-corrected chi connectivity index (χ0v) is 47.9. The number of carbonyl (C=O) groups excluding carboxylic acids is 3. The van der Waals surface area contributed by atoms with Crippen LogP contribution in [0.25, 0.3) is 0 Å². The van der Waals surface area contributed by atoms with Crippen LogP contribution < -0.4 is 0 Å². The van der Waals surface area contributed by atoms with Gasteiger partial charge in [-0.15, -0.1) is 0 Å². The summed E-state index contributed by atoms with van der Waals surface area (Å²) in [6.07, 6.45) is 76.9. The van der Waals surface area contributed by atoms with Gasteiger partial charge in [0.1, 0.15) is 13.2 Å². The van der Waals surface area contributed by atoms with E-state index in [1.807, 2.05) is 6.08 Å². The maximum atomic E-state index is 12.9. The van der Waals surface area contributed by atoms with Crippen LogP contribution in [-0.4, -0.2) is 37.2 Å². The minimum Gasteiger partial charge on any atom is -0.462 e. The van der Waals surface area contributed by atoms with Crippen LogP contribution in [0, 0.1) is 0 Å². The predicted molar refractivity (Wildman–Crippen MR) is 312 cm³/mol. The number of carbonyl (C=O) groups is 3. The number of esters is 3. The lowest BCUT2D eigenvalue weighted by molar-refractivity contribution is -0.166. The molecule has 0 heterocycles. The van der Waals surface area contributed by atoms with Crippen LogP contribution in [0.3, 0.4) is 0 Å². The van der Waals surface area contributed by atoms with E-state index in [1.165, 1.54) is 212 Å². The van der Waals surface area contributed by atoms with Crippen molar-refractivity contribution in [2.24, 2.45) is 0 Å². The van der Waals surface area contributed by atoms with Gasteiger partial charge in [-0.1, -0.05) is 319 Å². The second kappa shape index (κ2) is 60.7. The highest BCUT2D eigenvalue weighted by Gasteiger charge is 2.19. The highest BCUT2D eigenvalue weighted by molar-refractivity contribution is 5.72. The molecule has 6 nitrogen and oxygen atoms in total. The third-order valence-corrected chi connectivity index (χ3v) is 13.8. The molecule has 1 atom stereocenters. The molecule has 1 unspecified atom stereocenters. The highest BCUT2D eigenvalue weighted by Crippen LogP contribution is 2.18. The van der Waals surface area contributed by atoms with E-state index in [1.54, 1.807) is 6.08 Å². The first kappa shape index (κ1) is 69.1. The van der Waals surface area contributed by atoms with E-state index in [0.717, 1.165) is 70.6 Å². The summed E-state index contributed by atoms with van der Waals surface area (Å²) in [7, 11) is 0. The summed E-state index contributed by atoms with van der Waals surface area (Å²) in [6.45, 7) is 6.49. The van der Waals surface area contributed by atoms with E-state index >= 15 is 0 Å². The Hall–Kier alpha value is -2.89. The molecule has 0 saturated heterocycles. The van der Waals surface area contributed by atoms with Crippen molar-refractivity contribution in [3.05, 3.63) is 60.8 Å². The molecule has 72 heavy (non-hydrogen) atoms. The zero-order chi connectivity index (χ0) is 52.2. The molecular formula is C66H118O6. The van der Waals surface area contributed by atoms with Crippen LogP contribution in [-0.2, 0) is 28.6 Å². The first-order valence-electron chi connectivity index (χ1n) is 31.3. The van der Waals surface area contributed by atoms with Crippen molar-refractivity contribution in [3.8, 4) is 0 Å². The molecule has 0 aliphatic rings. The van der Waals surface area contributed by atoms with Crippen molar-refractivity contribution in [1.82, 2.24) is 0 Å². The average Bonchev–Trinajstić information content (AvgIpc) is 3.38. The number of unbranched alkanes of at least 4 members (excludes halogenated alkanes) is 37. The van der Waals surface area contributed by atoms with Gasteiger partial charge in [0, 0.05) is 12.8 Å². The maximum Gasteiger partial charge on any atom is 0.309 e. The van der Waals surface area contributed by atoms with Crippen molar-refractivity contribution in [3.63, 3.8) is 0 Å². The van der Waals surface area contributed by atoms with Gasteiger partial charge in [-0.3, -0.25) is 14.4 Å². The Morgan fingerprint density at radius 2 is 0.542 bits per heavy atom. The molecule has 0 aliphatic heterocycles. The normalized spacial score (nSPS) is 12.4. The number of ether oxygens (including phenoxy) is 3. The second-order valence-corrected chi connectivity index (χ2v) is 21.0. The molecule has 0 rings (SSSR count). The molecular weight excluding hydrogens is 889 g/mol. The lowest BCUT2D eigenvalue weighted by atomic mass is 10.0. The Bertz CT molecular complexity index is 1290. The monoisotopic (exact) mass is 1010 g/mol. The molecule has 0 aromatic rings. The summed E-state index contributed by atoms with van der Waals surface area (Å²) in [6, 6.07) is 0. The second-order valence-electron chi connectivity index (χ2n) is 21.0. The van der Waals surface area contributed by atoms with Gasteiger partial charge in [-0.25, -0.2) is 0 Å². The van der Waals surface area contributed by atoms with Gasteiger partial charge in [-0.2, -0.15) is 0 Å². The molecule has 0 N–H and O–H groups in total. The smallest absolute Gasteiger partial charge is 0.309 e. The molecule has 0 spiro atoms. The quantitative estimate of drug-likeness (QED) is 0.0261. The summed E-state index contributed by atoms with van der Waals surface area (Å²) in [5.41, 5.74) is 0. The Morgan fingerprint density at radius 3 is 0.847 bits per heavy atom. The van der Waals surface area contributed by atoms with Gasteiger partial charge in [0.15, 0.2) is 6.10 Å². The van der Waals surface area contributed by atoms with E-state index in [2.05, 4.69) is 69.4 Å². The van der Waals surface area contributed by atoms with Gasteiger partial charge in [-0.05, 0) is 44.9 Å². The van der Waals surface area contributed by atoms with E-state index in [4.69, 9.17) is 14.2 Å². The zero-order valence-electron chi connectivity index (χ0n) is 47.9. The van der Waals surface area contributed by atoms with Crippen molar-refractivity contribution in [1.29, 1.82) is 0 Å². The number of rotatable bonds is 57. The first-order chi connectivity index (χ1) is 35.5. The highest BCUT2D eigenvalue weighted by atomic mass is 16.6. The van der Waals surface area contributed by atoms with E-state index in [-0.39, 0.29) is 31.6 Å². The van der Waals surface area contributed by atoms with Crippen molar-refractivity contribution >= 4 is 17.9 Å². The van der Waals surface area contributed by atoms with Crippen LogP contribution >= 0.6 is 0 Å². The molecule has 0 amide bonds. The third kappa shape index (κ3) is 58.0. The molecule has 0 aliphatic carbocycles. The van der Waals surface area contributed by atoms with E-state index < -0.39 is 12.1 Å². The molecule has 0 aromatic carbocycles. The SMILES string of the molecule is CC/C=C\C/C=C\C/C=C\C/C=C\C/C=C\CC(=O)OCC(COC(=O)CCCCCCCCCCCCCCCCCCCCCCCCC)OC(=O)CCCCCCCCCCCCCCCCCC. The number of allylic oxidation sites excluding steroid dienone is 9. The molecule has 0 aromatic heterocycles. The maximum absolute atomic E-state index is 12.9. The average molecular weight is 1010 g/mol. The fourth-order valence-electron chi connectivity index (χ4n) is 9.17. The summed E-state index contributed by atoms with van der Waals surface area (Å²) in [5, 5.41) is 0. The third-order valence-electron chi connectivity index (χ3n) is 13.8. The summed E-state index contributed by atoms with van der Waals surface area (Å²) < 4.78 is 16.8. The Balaban J connectivity index is 4.35. The van der Waals surface area contributed by atoms with Crippen molar-refractivity contribution in [2.75, 3.05) is 13.2 Å². The molecule has 0 saturated carbocycles.